The molecule has 0 aromatic carbocycles. The maximum atomic E-state index is 9.07. The van der Waals surface area contributed by atoms with Gasteiger partial charge in [-0.2, -0.15) is 0 Å². The van der Waals surface area contributed by atoms with E-state index in [1.165, 1.54) is 0 Å². The number of nitrogens with zero attached hydrogens (tertiary/aromatic N) is 3. The van der Waals surface area contributed by atoms with Crippen molar-refractivity contribution in [2.45, 2.75) is 20.4 Å². The molecule has 1 unspecified atom stereocenters. The zero-order valence-corrected chi connectivity index (χ0v) is 13.5. The molecule has 0 amide bonds. The highest BCUT2D eigenvalue weighted by Crippen LogP contribution is 2.14. The van der Waals surface area contributed by atoms with E-state index in [4.69, 9.17) is 16.7 Å². The van der Waals surface area contributed by atoms with E-state index in [0.717, 1.165) is 29.8 Å². The van der Waals surface area contributed by atoms with E-state index in [-0.39, 0.29) is 12.5 Å². The van der Waals surface area contributed by atoms with Crippen LogP contribution in [0.25, 0.3) is 0 Å². The van der Waals surface area contributed by atoms with Crippen molar-refractivity contribution in [1.82, 2.24) is 14.8 Å². The minimum atomic E-state index is 0.153. The van der Waals surface area contributed by atoms with E-state index in [0.29, 0.717) is 6.54 Å². The topological polar surface area (TPSA) is 52.8 Å². The van der Waals surface area contributed by atoms with Gasteiger partial charge in [0.2, 0.25) is 0 Å². The smallest absolute Gasteiger partial charge is 0.194 e. The van der Waals surface area contributed by atoms with Crippen LogP contribution in [0.15, 0.2) is 17.3 Å². The number of aliphatic hydroxyl groups excluding tert-OH is 1. The summed E-state index contributed by atoms with van der Waals surface area (Å²) in [5.74, 6) is 1.01. The molecular formula is C14H25ClN4O. The number of nitrogens with one attached hydrogen (secondary N) is 1. The number of hydrogen-bond donors (Lipinski definition) is 2. The normalized spacial score (nSPS) is 13.4. The molecular weight excluding hydrogens is 276 g/mol. The molecule has 0 saturated heterocycles. The SMILES string of the molecule is CCNC(=NCC(C)CO)N(C)Cc1cc(Cl)cn1C. The first-order chi connectivity index (χ1) is 9.47. The standard InChI is InChI=1S/C14H25ClN4O/c1-5-16-14(17-7-11(2)10-20)19(4)9-13-6-12(15)8-18(13)3/h6,8,11,20H,5,7,9-10H2,1-4H3,(H,16,17). The number of guanidine groups is 1. The van der Waals surface area contributed by atoms with Gasteiger partial charge in [0.1, 0.15) is 0 Å². The van der Waals surface area contributed by atoms with Gasteiger partial charge in [0.05, 0.1) is 11.6 Å². The summed E-state index contributed by atoms with van der Waals surface area (Å²) >= 11 is 6.00. The lowest BCUT2D eigenvalue weighted by atomic mass is 10.2. The zero-order valence-electron chi connectivity index (χ0n) is 12.7. The monoisotopic (exact) mass is 300 g/mol. The average Bonchev–Trinajstić information content (AvgIpc) is 2.72. The average molecular weight is 301 g/mol. The van der Waals surface area contributed by atoms with Gasteiger partial charge in [-0.25, -0.2) is 0 Å². The second kappa shape index (κ2) is 8.17. The predicted molar refractivity (Wildman–Crippen MR) is 84.1 cm³/mol. The molecule has 1 aromatic rings. The van der Waals surface area contributed by atoms with E-state index in [2.05, 4.69) is 15.2 Å². The number of aryl methyl sites for hydroxylation is 1. The van der Waals surface area contributed by atoms with Crippen molar-refractivity contribution in [1.29, 1.82) is 0 Å². The summed E-state index contributed by atoms with van der Waals surface area (Å²) in [6.07, 6.45) is 1.89. The van der Waals surface area contributed by atoms with E-state index in [1.807, 2.05) is 44.8 Å². The molecule has 2 N–H and O–H groups in total. The third kappa shape index (κ3) is 5.06. The Labute approximate surface area is 126 Å². The van der Waals surface area contributed by atoms with Gasteiger partial charge in [-0.1, -0.05) is 18.5 Å². The second-order valence-electron chi connectivity index (χ2n) is 5.10. The number of aromatic nitrogens is 1. The Morgan fingerprint density at radius 3 is 2.80 bits per heavy atom. The molecule has 0 spiro atoms. The number of rotatable bonds is 6. The maximum Gasteiger partial charge on any atom is 0.194 e. The van der Waals surface area contributed by atoms with Crippen molar-refractivity contribution in [2.24, 2.45) is 18.0 Å². The van der Waals surface area contributed by atoms with Crippen LogP contribution in [0.5, 0.6) is 0 Å². The number of hydrogen-bond acceptors (Lipinski definition) is 2. The molecule has 1 atom stereocenters. The van der Waals surface area contributed by atoms with Gasteiger partial charge in [-0.15, -0.1) is 0 Å². The van der Waals surface area contributed by atoms with Crippen molar-refractivity contribution in [3.8, 4) is 0 Å². The Balaban J connectivity index is 2.73. The predicted octanol–water partition coefficient (Wildman–Crippen LogP) is 1.70. The molecule has 20 heavy (non-hydrogen) atoms. The van der Waals surface area contributed by atoms with E-state index < -0.39 is 0 Å². The first-order valence-electron chi connectivity index (χ1n) is 6.89. The Morgan fingerprint density at radius 2 is 2.30 bits per heavy atom. The highest BCUT2D eigenvalue weighted by molar-refractivity contribution is 6.30. The van der Waals surface area contributed by atoms with Crippen LogP contribution in [0, 0.1) is 5.92 Å². The molecule has 6 heteroatoms. The van der Waals surface area contributed by atoms with Gasteiger partial charge in [-0.3, -0.25) is 4.99 Å². The van der Waals surface area contributed by atoms with Crippen LogP contribution in [0.4, 0.5) is 0 Å². The van der Waals surface area contributed by atoms with Gasteiger partial charge in [0, 0.05) is 45.7 Å². The molecule has 0 aliphatic carbocycles. The molecule has 5 nitrogen and oxygen atoms in total. The molecule has 0 bridgehead atoms. The van der Waals surface area contributed by atoms with Crippen LogP contribution >= 0.6 is 11.6 Å². The van der Waals surface area contributed by atoms with Crippen LogP contribution in [-0.4, -0.2) is 47.3 Å². The summed E-state index contributed by atoms with van der Waals surface area (Å²) in [6.45, 7) is 6.31. The molecule has 1 aromatic heterocycles. The fraction of sp³-hybridized carbons (Fsp3) is 0.643. The van der Waals surface area contributed by atoms with Gasteiger partial charge in [0.25, 0.3) is 0 Å². The van der Waals surface area contributed by atoms with Crippen LogP contribution < -0.4 is 5.32 Å². The van der Waals surface area contributed by atoms with Gasteiger partial charge >= 0.3 is 0 Å². The number of aliphatic hydroxyl groups is 1. The van der Waals surface area contributed by atoms with Crippen LogP contribution in [0.1, 0.15) is 19.5 Å². The molecule has 114 valence electrons. The van der Waals surface area contributed by atoms with Gasteiger partial charge in [-0.05, 0) is 18.9 Å². The molecule has 0 aliphatic heterocycles. The summed E-state index contributed by atoms with van der Waals surface area (Å²) < 4.78 is 2.01. The summed E-state index contributed by atoms with van der Waals surface area (Å²) in [7, 11) is 3.97. The summed E-state index contributed by atoms with van der Waals surface area (Å²) in [4.78, 5) is 6.60. The lowest BCUT2D eigenvalue weighted by molar-refractivity contribution is 0.241. The summed E-state index contributed by atoms with van der Waals surface area (Å²) in [6, 6.07) is 1.96. The first kappa shape index (κ1) is 16.9. The second-order valence-corrected chi connectivity index (χ2v) is 5.54. The minimum Gasteiger partial charge on any atom is -0.396 e. The van der Waals surface area contributed by atoms with E-state index >= 15 is 0 Å². The van der Waals surface area contributed by atoms with Gasteiger partial charge < -0.3 is 19.9 Å². The number of halogens is 1. The maximum absolute atomic E-state index is 9.07. The largest absolute Gasteiger partial charge is 0.396 e. The minimum absolute atomic E-state index is 0.153. The zero-order chi connectivity index (χ0) is 15.1. The fourth-order valence-corrected chi connectivity index (χ4v) is 2.08. The Hall–Kier alpha value is -1.20. The third-order valence-corrected chi connectivity index (χ3v) is 3.24. The van der Waals surface area contributed by atoms with Crippen molar-refractivity contribution >= 4 is 17.6 Å². The Morgan fingerprint density at radius 1 is 1.60 bits per heavy atom. The lowest BCUT2D eigenvalue weighted by Gasteiger charge is -2.22. The Bertz CT molecular complexity index is 444. The molecule has 1 heterocycles. The molecule has 0 aliphatic rings. The molecule has 0 fully saturated rings. The number of aliphatic imine (C=N–C) groups is 1. The van der Waals surface area contributed by atoms with Crippen LogP contribution in [-0.2, 0) is 13.6 Å². The molecule has 1 rings (SSSR count). The highest BCUT2D eigenvalue weighted by atomic mass is 35.5. The summed E-state index contributed by atoms with van der Waals surface area (Å²) in [5.41, 5.74) is 1.12. The first-order valence-corrected chi connectivity index (χ1v) is 7.26. The van der Waals surface area contributed by atoms with Crippen LogP contribution in [0.3, 0.4) is 0 Å². The summed E-state index contributed by atoms with van der Waals surface area (Å²) in [5, 5.41) is 13.1. The quantitative estimate of drug-likeness (QED) is 0.621. The van der Waals surface area contributed by atoms with Crippen LogP contribution in [0.2, 0.25) is 5.02 Å². The lowest BCUT2D eigenvalue weighted by Crippen LogP contribution is -2.39. The van der Waals surface area contributed by atoms with Crippen molar-refractivity contribution in [3.63, 3.8) is 0 Å². The van der Waals surface area contributed by atoms with Gasteiger partial charge in [0.15, 0.2) is 5.96 Å². The Kier molecular flexibility index (Phi) is 6.88. The van der Waals surface area contributed by atoms with E-state index in [9.17, 15) is 0 Å². The fourth-order valence-electron chi connectivity index (χ4n) is 1.81. The van der Waals surface area contributed by atoms with Crippen molar-refractivity contribution < 1.29 is 5.11 Å². The van der Waals surface area contributed by atoms with Crippen molar-refractivity contribution in [2.75, 3.05) is 26.7 Å². The van der Waals surface area contributed by atoms with E-state index in [1.54, 1.807) is 0 Å². The third-order valence-electron chi connectivity index (χ3n) is 3.03. The molecule has 0 radical (unpaired) electrons. The van der Waals surface area contributed by atoms with Crippen molar-refractivity contribution in [3.05, 3.63) is 23.0 Å². The highest BCUT2D eigenvalue weighted by Gasteiger charge is 2.10. The molecule has 0 saturated carbocycles.